The fourth-order valence-electron chi connectivity index (χ4n) is 1.59. The van der Waals surface area contributed by atoms with Gasteiger partial charge >= 0.3 is 0 Å². The van der Waals surface area contributed by atoms with E-state index in [1.165, 1.54) is 17.9 Å². The first kappa shape index (κ1) is 12.5. The average Bonchev–Trinajstić information content (AvgIpc) is 2.64. The van der Waals surface area contributed by atoms with E-state index in [2.05, 4.69) is 5.10 Å². The molecule has 0 saturated heterocycles. The second-order valence-electron chi connectivity index (χ2n) is 3.68. The molecule has 5 nitrogen and oxygen atoms in total. The van der Waals surface area contributed by atoms with Crippen molar-refractivity contribution in [3.8, 4) is 22.8 Å². The summed E-state index contributed by atoms with van der Waals surface area (Å²) in [5.74, 6) is -0.632. The summed E-state index contributed by atoms with van der Waals surface area (Å²) in [4.78, 5) is 0. The molecule has 0 amide bonds. The predicted octanol–water partition coefficient (Wildman–Crippen LogP) is 2.18. The number of aromatic hydroxyl groups is 1. The molecular weight excluding hydrogens is 261 g/mol. The largest absolute Gasteiger partial charge is 0.504 e. The highest BCUT2D eigenvalue weighted by molar-refractivity contribution is 6.33. The lowest BCUT2D eigenvalue weighted by molar-refractivity contribution is 0.371. The van der Waals surface area contributed by atoms with Gasteiger partial charge in [0.15, 0.2) is 11.5 Å². The van der Waals surface area contributed by atoms with Gasteiger partial charge in [-0.05, 0) is 0 Å². The smallest absolute Gasteiger partial charge is 0.169 e. The number of rotatable bonds is 2. The Kier molecular flexibility index (Phi) is 3.04. The fraction of sp³-hybridized carbons (Fsp3) is 0.182. The van der Waals surface area contributed by atoms with Crippen molar-refractivity contribution < 1.29 is 14.2 Å². The van der Waals surface area contributed by atoms with E-state index in [9.17, 15) is 9.50 Å². The number of nitrogens with two attached hydrogens (primary N) is 1. The molecule has 1 aromatic carbocycles. The number of anilines is 1. The molecule has 96 valence electrons. The number of phenols is 1. The molecule has 0 bridgehead atoms. The van der Waals surface area contributed by atoms with Crippen LogP contribution in [0, 0.1) is 5.82 Å². The Hall–Kier alpha value is -1.95. The van der Waals surface area contributed by atoms with Gasteiger partial charge in [0, 0.05) is 19.2 Å². The molecule has 0 aliphatic rings. The van der Waals surface area contributed by atoms with Crippen molar-refractivity contribution in [1.29, 1.82) is 0 Å². The summed E-state index contributed by atoms with van der Waals surface area (Å²) in [5.41, 5.74) is 5.97. The van der Waals surface area contributed by atoms with Crippen LogP contribution in [0.15, 0.2) is 12.1 Å². The maximum Gasteiger partial charge on any atom is 0.169 e. The van der Waals surface area contributed by atoms with Gasteiger partial charge in [0.2, 0.25) is 0 Å². The van der Waals surface area contributed by atoms with Crippen LogP contribution in [0.25, 0.3) is 11.3 Å². The summed E-state index contributed by atoms with van der Waals surface area (Å²) in [6.07, 6.45) is 0. The van der Waals surface area contributed by atoms with Crippen molar-refractivity contribution in [3.05, 3.63) is 23.0 Å². The number of hydrogen-bond acceptors (Lipinski definition) is 4. The minimum Gasteiger partial charge on any atom is -0.504 e. The van der Waals surface area contributed by atoms with Crippen LogP contribution in [0.1, 0.15) is 0 Å². The van der Waals surface area contributed by atoms with Crippen molar-refractivity contribution in [3.63, 3.8) is 0 Å². The third-order valence-electron chi connectivity index (χ3n) is 2.55. The SMILES string of the molecule is COc1cc(F)c(Cl)c(-c2cc(N)n(C)n2)c1O. The van der Waals surface area contributed by atoms with E-state index in [-0.39, 0.29) is 27.8 Å². The minimum atomic E-state index is -0.703. The molecule has 1 heterocycles. The molecule has 3 N–H and O–H groups in total. The van der Waals surface area contributed by atoms with Gasteiger partial charge in [0.1, 0.15) is 11.6 Å². The van der Waals surface area contributed by atoms with Gasteiger partial charge in [-0.1, -0.05) is 11.6 Å². The van der Waals surface area contributed by atoms with Crippen molar-refractivity contribution >= 4 is 17.4 Å². The van der Waals surface area contributed by atoms with E-state index >= 15 is 0 Å². The number of methoxy groups -OCH3 is 1. The number of aryl methyl sites for hydroxylation is 1. The zero-order valence-electron chi connectivity index (χ0n) is 9.74. The van der Waals surface area contributed by atoms with Gasteiger partial charge in [-0.3, -0.25) is 4.68 Å². The molecule has 0 aliphatic carbocycles. The molecule has 2 rings (SSSR count). The first-order chi connectivity index (χ1) is 8.45. The zero-order valence-corrected chi connectivity index (χ0v) is 10.5. The van der Waals surface area contributed by atoms with E-state index in [4.69, 9.17) is 22.1 Å². The minimum absolute atomic E-state index is 0.0175. The second kappa shape index (κ2) is 4.38. The second-order valence-corrected chi connectivity index (χ2v) is 4.05. The molecular formula is C11H11ClFN3O2. The molecule has 18 heavy (non-hydrogen) atoms. The summed E-state index contributed by atoms with van der Waals surface area (Å²) >= 11 is 5.84. The lowest BCUT2D eigenvalue weighted by Crippen LogP contribution is -1.97. The highest BCUT2D eigenvalue weighted by atomic mass is 35.5. The average molecular weight is 272 g/mol. The topological polar surface area (TPSA) is 73.3 Å². The van der Waals surface area contributed by atoms with E-state index in [1.54, 1.807) is 7.05 Å². The number of hydrogen-bond donors (Lipinski definition) is 2. The van der Waals surface area contributed by atoms with Crippen molar-refractivity contribution in [2.75, 3.05) is 12.8 Å². The van der Waals surface area contributed by atoms with Crippen LogP contribution >= 0.6 is 11.6 Å². The monoisotopic (exact) mass is 271 g/mol. The van der Waals surface area contributed by atoms with Gasteiger partial charge in [-0.25, -0.2) is 4.39 Å². The standard InChI is InChI=1S/C11H11ClFN3O2/c1-16-8(14)4-6(15-16)9-10(12)5(13)3-7(18-2)11(9)17/h3-4,17H,14H2,1-2H3. The molecule has 0 saturated carbocycles. The Morgan fingerprint density at radius 3 is 2.67 bits per heavy atom. The van der Waals surface area contributed by atoms with Crippen molar-refractivity contribution in [2.24, 2.45) is 7.05 Å². The number of benzene rings is 1. The molecule has 7 heteroatoms. The maximum atomic E-state index is 13.6. The van der Waals surface area contributed by atoms with E-state index in [1.807, 2.05) is 0 Å². The van der Waals surface area contributed by atoms with Crippen LogP contribution < -0.4 is 10.5 Å². The normalized spacial score (nSPS) is 10.7. The summed E-state index contributed by atoms with van der Waals surface area (Å²) in [5, 5.41) is 13.8. The maximum absolute atomic E-state index is 13.6. The van der Waals surface area contributed by atoms with E-state index < -0.39 is 5.82 Å². The number of ether oxygens (including phenoxy) is 1. The number of aromatic nitrogens is 2. The third-order valence-corrected chi connectivity index (χ3v) is 2.92. The quantitative estimate of drug-likeness (QED) is 0.878. The Morgan fingerprint density at radius 1 is 1.50 bits per heavy atom. The van der Waals surface area contributed by atoms with Gasteiger partial charge in [-0.2, -0.15) is 5.10 Å². The highest BCUT2D eigenvalue weighted by Crippen LogP contribution is 2.43. The molecule has 0 radical (unpaired) electrons. The Balaban J connectivity index is 2.73. The lowest BCUT2D eigenvalue weighted by atomic mass is 10.1. The molecule has 2 aromatic rings. The summed E-state index contributed by atoms with van der Waals surface area (Å²) in [6, 6.07) is 2.49. The molecule has 0 aliphatic heterocycles. The first-order valence-corrected chi connectivity index (χ1v) is 5.38. The van der Waals surface area contributed by atoms with Gasteiger partial charge in [-0.15, -0.1) is 0 Å². The van der Waals surface area contributed by atoms with Crippen molar-refractivity contribution in [2.45, 2.75) is 0 Å². The van der Waals surface area contributed by atoms with Gasteiger partial charge < -0.3 is 15.6 Å². The van der Waals surface area contributed by atoms with Gasteiger partial charge in [0.25, 0.3) is 0 Å². The van der Waals surface area contributed by atoms with E-state index in [0.717, 1.165) is 6.07 Å². The van der Waals surface area contributed by atoms with Crippen LogP contribution in [0.2, 0.25) is 5.02 Å². The molecule has 0 spiro atoms. The number of nitrogens with zero attached hydrogens (tertiary/aromatic N) is 2. The number of phenolic OH excluding ortho intramolecular Hbond substituents is 1. The predicted molar refractivity (Wildman–Crippen MR) is 66.2 cm³/mol. The highest BCUT2D eigenvalue weighted by Gasteiger charge is 2.21. The zero-order chi connectivity index (χ0) is 13.4. The molecule has 0 fully saturated rings. The Morgan fingerprint density at radius 2 is 2.17 bits per heavy atom. The van der Waals surface area contributed by atoms with Crippen LogP contribution in [0.4, 0.5) is 10.2 Å². The summed E-state index contributed by atoms with van der Waals surface area (Å²) in [7, 11) is 2.94. The third kappa shape index (κ3) is 1.84. The van der Waals surface area contributed by atoms with Crippen LogP contribution in [-0.2, 0) is 7.05 Å². The van der Waals surface area contributed by atoms with E-state index in [0.29, 0.717) is 5.82 Å². The molecule has 0 atom stereocenters. The van der Waals surface area contributed by atoms with Crippen molar-refractivity contribution in [1.82, 2.24) is 9.78 Å². The Bertz CT molecular complexity index is 593. The van der Waals surface area contributed by atoms with Crippen LogP contribution in [0.5, 0.6) is 11.5 Å². The summed E-state index contributed by atoms with van der Waals surface area (Å²) < 4.78 is 19.9. The first-order valence-electron chi connectivity index (χ1n) is 5.00. The fourth-order valence-corrected chi connectivity index (χ4v) is 1.83. The van der Waals surface area contributed by atoms with Gasteiger partial charge in [0.05, 0.1) is 23.4 Å². The molecule has 0 unspecified atom stereocenters. The lowest BCUT2D eigenvalue weighted by Gasteiger charge is -2.09. The Labute approximate surface area is 108 Å². The molecule has 1 aromatic heterocycles. The summed E-state index contributed by atoms with van der Waals surface area (Å²) in [6.45, 7) is 0. The van der Waals surface area contributed by atoms with Crippen LogP contribution in [0.3, 0.4) is 0 Å². The van der Waals surface area contributed by atoms with Crippen LogP contribution in [-0.4, -0.2) is 22.0 Å². The number of nitrogen functional groups attached to an aromatic ring is 1. The number of halogens is 2.